The molecule has 0 spiro atoms. The second-order valence-electron chi connectivity index (χ2n) is 19.5. The largest absolute Gasteiger partial charge is 0.462 e. The summed E-state index contributed by atoms with van der Waals surface area (Å²) in [6.07, 6.45) is 76.5. The zero-order chi connectivity index (χ0) is 49.2. The van der Waals surface area contributed by atoms with Crippen LogP contribution in [0.2, 0.25) is 0 Å². The molecule has 0 unspecified atom stereocenters. The molecule has 0 saturated heterocycles. The van der Waals surface area contributed by atoms with E-state index in [1.807, 2.05) is 6.08 Å². The van der Waals surface area contributed by atoms with Crippen LogP contribution in [0.3, 0.4) is 0 Å². The van der Waals surface area contributed by atoms with Gasteiger partial charge >= 0.3 is 11.9 Å². The van der Waals surface area contributed by atoms with Gasteiger partial charge in [-0.1, -0.05) is 293 Å². The molecule has 0 amide bonds. The molecule has 0 N–H and O–H groups in total. The van der Waals surface area contributed by atoms with Crippen molar-refractivity contribution in [2.24, 2.45) is 0 Å². The zero-order valence-electron chi connectivity index (χ0n) is 45.4. The molecule has 5 heteroatoms. The third-order valence-electron chi connectivity index (χ3n) is 12.8. The molecule has 0 aromatic rings. The molecule has 0 heterocycles. The van der Waals surface area contributed by atoms with Crippen molar-refractivity contribution in [3.63, 3.8) is 0 Å². The molecule has 0 aromatic carbocycles. The van der Waals surface area contributed by atoms with Crippen LogP contribution in [0, 0.1) is 0 Å². The van der Waals surface area contributed by atoms with Crippen molar-refractivity contribution >= 4 is 11.9 Å². The number of allylic oxidation sites excluding steroid dienone is 12. The Hall–Kier alpha value is -2.66. The Morgan fingerprint density at radius 1 is 0.338 bits per heavy atom. The first-order valence-corrected chi connectivity index (χ1v) is 29.5. The van der Waals surface area contributed by atoms with E-state index in [9.17, 15) is 9.59 Å². The molecule has 394 valence electrons. The van der Waals surface area contributed by atoms with Gasteiger partial charge in [0.1, 0.15) is 6.61 Å². The number of carbonyl (C=O) groups is 2. The van der Waals surface area contributed by atoms with Crippen LogP contribution in [-0.4, -0.2) is 37.9 Å². The fourth-order valence-corrected chi connectivity index (χ4v) is 8.42. The fourth-order valence-electron chi connectivity index (χ4n) is 8.42. The molecule has 0 bridgehead atoms. The molecule has 1 atom stereocenters. The summed E-state index contributed by atoms with van der Waals surface area (Å²) in [5, 5.41) is 0. The molecule has 68 heavy (non-hydrogen) atoms. The van der Waals surface area contributed by atoms with E-state index >= 15 is 0 Å². The standard InChI is InChI=1S/C63H112O5/c1-4-7-10-13-16-19-22-25-28-31-32-34-35-38-41-44-47-50-53-56-62(64)67-60-61(59-66-58-55-52-49-46-43-40-37-30-27-24-21-18-15-12-9-6-3)68-63(65)57-54-51-48-45-42-39-36-33-29-26-23-20-17-14-11-8-5-2/h7,10,16,19,25,28,32,34,38,41,47,50,61H,4-6,8-9,11-15,17-18,20-24,26-27,29-31,33,35-37,39-40,42-46,48-49,51-60H2,1-3H3/b10-7-,19-16-,28-25-,34-32-,41-38-,50-47-/t61-/m1/s1. The van der Waals surface area contributed by atoms with Crippen molar-refractivity contribution in [2.75, 3.05) is 19.8 Å². The third-order valence-corrected chi connectivity index (χ3v) is 12.8. The third kappa shape index (κ3) is 55.9. The summed E-state index contributed by atoms with van der Waals surface area (Å²) in [6.45, 7) is 7.69. The summed E-state index contributed by atoms with van der Waals surface area (Å²) >= 11 is 0. The molecular formula is C63H112O5. The first-order chi connectivity index (χ1) is 33.6. The molecule has 0 saturated carbocycles. The highest BCUT2D eigenvalue weighted by molar-refractivity contribution is 5.70. The maximum Gasteiger partial charge on any atom is 0.306 e. The highest BCUT2D eigenvalue weighted by Gasteiger charge is 2.17. The summed E-state index contributed by atoms with van der Waals surface area (Å²) < 4.78 is 17.4. The lowest BCUT2D eigenvalue weighted by Crippen LogP contribution is -2.30. The Morgan fingerprint density at radius 3 is 1.03 bits per heavy atom. The molecular weight excluding hydrogens is 837 g/mol. The summed E-state index contributed by atoms with van der Waals surface area (Å²) in [5.74, 6) is -0.479. The first kappa shape index (κ1) is 65.3. The smallest absolute Gasteiger partial charge is 0.306 e. The average Bonchev–Trinajstić information content (AvgIpc) is 3.34. The monoisotopic (exact) mass is 949 g/mol. The predicted molar refractivity (Wildman–Crippen MR) is 297 cm³/mol. The lowest BCUT2D eigenvalue weighted by Gasteiger charge is -2.18. The summed E-state index contributed by atoms with van der Waals surface area (Å²) in [7, 11) is 0. The first-order valence-electron chi connectivity index (χ1n) is 29.5. The van der Waals surface area contributed by atoms with Crippen LogP contribution in [-0.2, 0) is 23.8 Å². The Kier molecular flexibility index (Phi) is 56.4. The molecule has 5 nitrogen and oxygen atoms in total. The number of hydrogen-bond acceptors (Lipinski definition) is 5. The Bertz CT molecular complexity index is 1210. The minimum Gasteiger partial charge on any atom is -0.462 e. The quantitative estimate of drug-likeness (QED) is 0.0345. The van der Waals surface area contributed by atoms with Gasteiger partial charge in [0.15, 0.2) is 6.10 Å². The minimum atomic E-state index is -0.566. The van der Waals surface area contributed by atoms with Crippen molar-refractivity contribution < 1.29 is 23.8 Å². The van der Waals surface area contributed by atoms with Gasteiger partial charge in [0.05, 0.1) is 6.61 Å². The van der Waals surface area contributed by atoms with E-state index in [-0.39, 0.29) is 25.2 Å². The van der Waals surface area contributed by atoms with Crippen molar-refractivity contribution in [2.45, 2.75) is 297 Å². The Balaban J connectivity index is 4.35. The maximum absolute atomic E-state index is 12.9. The van der Waals surface area contributed by atoms with Gasteiger partial charge in [-0.15, -0.1) is 0 Å². The van der Waals surface area contributed by atoms with E-state index in [0.717, 1.165) is 64.2 Å². The topological polar surface area (TPSA) is 61.8 Å². The van der Waals surface area contributed by atoms with Gasteiger partial charge in [-0.2, -0.15) is 0 Å². The molecule has 0 aromatic heterocycles. The maximum atomic E-state index is 12.9. The number of rotatable bonds is 54. The minimum absolute atomic E-state index is 0.0479. The number of ether oxygens (including phenoxy) is 3. The lowest BCUT2D eigenvalue weighted by atomic mass is 10.0. The van der Waals surface area contributed by atoms with Gasteiger partial charge in [0.2, 0.25) is 0 Å². The van der Waals surface area contributed by atoms with Crippen LogP contribution < -0.4 is 0 Å². The Labute approximate surface area is 423 Å². The van der Waals surface area contributed by atoms with Crippen molar-refractivity contribution in [1.29, 1.82) is 0 Å². The highest BCUT2D eigenvalue weighted by atomic mass is 16.6. The van der Waals surface area contributed by atoms with Gasteiger partial charge in [-0.3, -0.25) is 9.59 Å². The van der Waals surface area contributed by atoms with Crippen LogP contribution >= 0.6 is 0 Å². The molecule has 0 aliphatic heterocycles. The second-order valence-corrected chi connectivity index (χ2v) is 19.5. The zero-order valence-corrected chi connectivity index (χ0v) is 45.4. The van der Waals surface area contributed by atoms with Crippen molar-refractivity contribution in [1.82, 2.24) is 0 Å². The van der Waals surface area contributed by atoms with Crippen molar-refractivity contribution in [3.8, 4) is 0 Å². The average molecular weight is 950 g/mol. The fraction of sp³-hybridized carbons (Fsp3) is 0.778. The summed E-state index contributed by atoms with van der Waals surface area (Å²) in [6, 6.07) is 0. The van der Waals surface area contributed by atoms with E-state index in [4.69, 9.17) is 14.2 Å². The molecule has 0 aliphatic carbocycles. The van der Waals surface area contributed by atoms with E-state index < -0.39 is 6.10 Å². The van der Waals surface area contributed by atoms with E-state index in [2.05, 4.69) is 87.6 Å². The predicted octanol–water partition coefficient (Wildman–Crippen LogP) is 20.2. The number of unbranched alkanes of at least 4 members (excludes halogenated alkanes) is 31. The van der Waals surface area contributed by atoms with Gasteiger partial charge in [-0.05, 0) is 57.8 Å². The Morgan fingerprint density at radius 2 is 0.662 bits per heavy atom. The van der Waals surface area contributed by atoms with E-state index in [1.165, 1.54) is 186 Å². The lowest BCUT2D eigenvalue weighted by molar-refractivity contribution is -0.162. The SMILES string of the molecule is CC/C=C\C/C=C\C/C=C\C/C=C\C/C=C\C/C=C\CCC(=O)OC[C@@H](COCCCCCCCCCCCCCCCCCC)OC(=O)CCCCCCCCCCCCCCCCCCC. The van der Waals surface area contributed by atoms with Crippen molar-refractivity contribution in [3.05, 3.63) is 72.9 Å². The summed E-state index contributed by atoms with van der Waals surface area (Å²) in [4.78, 5) is 25.5. The second kappa shape index (κ2) is 58.7. The van der Waals surface area contributed by atoms with E-state index in [0.29, 0.717) is 25.9 Å². The van der Waals surface area contributed by atoms with Gasteiger partial charge in [0.25, 0.3) is 0 Å². The van der Waals surface area contributed by atoms with Crippen LogP contribution in [0.5, 0.6) is 0 Å². The van der Waals surface area contributed by atoms with E-state index in [1.54, 1.807) is 0 Å². The van der Waals surface area contributed by atoms with Crippen LogP contribution in [0.25, 0.3) is 0 Å². The number of esters is 2. The van der Waals surface area contributed by atoms with Gasteiger partial charge in [0, 0.05) is 19.4 Å². The van der Waals surface area contributed by atoms with Gasteiger partial charge in [-0.25, -0.2) is 0 Å². The molecule has 0 fully saturated rings. The van der Waals surface area contributed by atoms with Crippen LogP contribution in [0.1, 0.15) is 290 Å². The van der Waals surface area contributed by atoms with Gasteiger partial charge < -0.3 is 14.2 Å². The summed E-state index contributed by atoms with van der Waals surface area (Å²) in [5.41, 5.74) is 0. The van der Waals surface area contributed by atoms with Crippen LogP contribution in [0.4, 0.5) is 0 Å². The highest BCUT2D eigenvalue weighted by Crippen LogP contribution is 2.16. The normalized spacial score (nSPS) is 12.7. The molecule has 0 radical (unpaired) electrons. The van der Waals surface area contributed by atoms with Crippen LogP contribution in [0.15, 0.2) is 72.9 Å². The number of carbonyl (C=O) groups excluding carboxylic acids is 2. The molecule has 0 aliphatic rings. The molecule has 0 rings (SSSR count). The number of hydrogen-bond donors (Lipinski definition) is 0.